The highest BCUT2D eigenvalue weighted by Gasteiger charge is 2.32. The third-order valence-corrected chi connectivity index (χ3v) is 5.20. The highest BCUT2D eigenvalue weighted by Crippen LogP contribution is 2.29. The minimum absolute atomic E-state index is 0.0361. The number of halogens is 4. The first-order valence-electron chi connectivity index (χ1n) is 6.79. The van der Waals surface area contributed by atoms with Gasteiger partial charge in [-0.2, -0.15) is 13.2 Å². The highest BCUT2D eigenvalue weighted by atomic mass is 35.5. The van der Waals surface area contributed by atoms with Crippen molar-refractivity contribution < 1.29 is 26.4 Å². The fraction of sp³-hybridized carbons (Fsp3) is 0.214. The van der Waals surface area contributed by atoms with Crippen LogP contribution in [0.2, 0.25) is 5.02 Å². The predicted molar refractivity (Wildman–Crippen MR) is 90.9 cm³/mol. The van der Waals surface area contributed by atoms with Crippen LogP contribution in [0.5, 0.6) is 0 Å². The molecule has 0 spiro atoms. The van der Waals surface area contributed by atoms with Gasteiger partial charge in [-0.1, -0.05) is 23.4 Å². The summed E-state index contributed by atoms with van der Waals surface area (Å²) >= 11 is 6.61. The second-order valence-corrected chi connectivity index (χ2v) is 8.34. The van der Waals surface area contributed by atoms with Gasteiger partial charge in [-0.3, -0.25) is 4.79 Å². The number of thioether (sulfide) groups is 1. The molecule has 26 heavy (non-hydrogen) atoms. The average molecular weight is 426 g/mol. The van der Waals surface area contributed by atoms with Crippen LogP contribution in [-0.4, -0.2) is 36.3 Å². The Kier molecular flexibility index (Phi) is 6.14. The highest BCUT2D eigenvalue weighted by molar-refractivity contribution is 7.99. The fourth-order valence-electron chi connectivity index (χ4n) is 1.72. The van der Waals surface area contributed by atoms with Crippen LogP contribution < -0.4 is 5.32 Å². The summed E-state index contributed by atoms with van der Waals surface area (Å²) in [5, 5.41) is 2.30. The lowest BCUT2D eigenvalue weighted by Gasteiger charge is -2.09. The number of carbonyl (C=O) groups is 1. The Hall–Kier alpha value is -1.85. The molecule has 1 aromatic carbocycles. The number of hydrogen-bond donors (Lipinski definition) is 1. The van der Waals surface area contributed by atoms with Gasteiger partial charge in [0.1, 0.15) is 5.69 Å². The van der Waals surface area contributed by atoms with Crippen molar-refractivity contribution in [1.29, 1.82) is 0 Å². The summed E-state index contributed by atoms with van der Waals surface area (Å²) in [4.78, 5) is 18.9. The number of alkyl halides is 3. The zero-order valence-electron chi connectivity index (χ0n) is 13.0. The Balaban J connectivity index is 2.06. The molecule has 0 fully saturated rings. The molecule has 0 unspecified atom stereocenters. The molecule has 2 aromatic rings. The van der Waals surface area contributed by atoms with Crippen molar-refractivity contribution in [2.45, 2.75) is 16.2 Å². The maximum Gasteiger partial charge on any atom is 0.433 e. The number of nitrogens with zero attached hydrogens (tertiary/aromatic N) is 2. The molecule has 0 aliphatic rings. The summed E-state index contributed by atoms with van der Waals surface area (Å²) in [5.41, 5.74) is -1.04. The molecule has 2 rings (SSSR count). The Labute approximate surface area is 156 Å². The van der Waals surface area contributed by atoms with Gasteiger partial charge in [-0.25, -0.2) is 18.4 Å². The van der Waals surface area contributed by atoms with E-state index in [1.54, 1.807) is 0 Å². The minimum Gasteiger partial charge on any atom is -0.324 e. The van der Waals surface area contributed by atoms with E-state index >= 15 is 0 Å². The van der Waals surface area contributed by atoms with Crippen molar-refractivity contribution in [3.63, 3.8) is 0 Å². The number of rotatable bonds is 5. The number of aromatic nitrogens is 2. The second kappa shape index (κ2) is 7.80. The third kappa shape index (κ3) is 5.58. The first kappa shape index (κ1) is 20.5. The molecule has 0 atom stereocenters. The van der Waals surface area contributed by atoms with Gasteiger partial charge in [0, 0.05) is 12.5 Å². The Morgan fingerprint density at radius 1 is 1.31 bits per heavy atom. The number of anilines is 1. The number of sulfone groups is 1. The molecule has 140 valence electrons. The molecule has 1 amide bonds. The van der Waals surface area contributed by atoms with Gasteiger partial charge in [-0.15, -0.1) is 0 Å². The van der Waals surface area contributed by atoms with Crippen LogP contribution in [0.25, 0.3) is 0 Å². The zero-order chi connectivity index (χ0) is 19.5. The molecule has 1 N–H and O–H groups in total. The number of amides is 1. The Morgan fingerprint density at radius 2 is 2.00 bits per heavy atom. The topological polar surface area (TPSA) is 89.0 Å². The van der Waals surface area contributed by atoms with E-state index in [1.807, 2.05) is 0 Å². The molecule has 1 heterocycles. The summed E-state index contributed by atoms with van der Waals surface area (Å²) in [6, 6.07) is 4.52. The van der Waals surface area contributed by atoms with Crippen LogP contribution in [-0.2, 0) is 20.8 Å². The van der Waals surface area contributed by atoms with Crippen molar-refractivity contribution in [2.24, 2.45) is 0 Å². The molecule has 12 heteroatoms. The van der Waals surface area contributed by atoms with E-state index in [-0.39, 0.29) is 26.5 Å². The van der Waals surface area contributed by atoms with Crippen molar-refractivity contribution in [3.8, 4) is 0 Å². The van der Waals surface area contributed by atoms with E-state index < -0.39 is 27.6 Å². The summed E-state index contributed by atoms with van der Waals surface area (Å²) in [5.74, 6) is -0.899. The van der Waals surface area contributed by atoms with Gasteiger partial charge in [0.2, 0.25) is 5.91 Å². The van der Waals surface area contributed by atoms with Gasteiger partial charge in [0.15, 0.2) is 15.0 Å². The van der Waals surface area contributed by atoms with Crippen LogP contribution in [0.4, 0.5) is 18.9 Å². The van der Waals surface area contributed by atoms with Crippen LogP contribution >= 0.6 is 23.4 Å². The van der Waals surface area contributed by atoms with Gasteiger partial charge in [-0.05, 0) is 24.3 Å². The van der Waals surface area contributed by atoms with Crippen molar-refractivity contribution in [3.05, 3.63) is 41.2 Å². The summed E-state index contributed by atoms with van der Waals surface area (Å²) < 4.78 is 60.8. The molecule has 0 saturated carbocycles. The second-order valence-electron chi connectivity index (χ2n) is 4.97. The van der Waals surface area contributed by atoms with E-state index in [0.29, 0.717) is 11.8 Å². The lowest BCUT2D eigenvalue weighted by molar-refractivity contribution is -0.141. The number of hydrogen-bond acceptors (Lipinski definition) is 6. The molecule has 0 saturated heterocycles. The molecule has 0 aliphatic heterocycles. The molecular weight excluding hydrogens is 415 g/mol. The quantitative estimate of drug-likeness (QED) is 0.584. The summed E-state index contributed by atoms with van der Waals surface area (Å²) in [6.07, 6.45) is -2.66. The van der Waals surface area contributed by atoms with Gasteiger partial charge >= 0.3 is 6.18 Å². The van der Waals surface area contributed by atoms with Gasteiger partial charge in [0.05, 0.1) is 21.4 Å². The lowest BCUT2D eigenvalue weighted by Crippen LogP contribution is -2.15. The van der Waals surface area contributed by atoms with E-state index in [9.17, 15) is 26.4 Å². The Morgan fingerprint density at radius 3 is 2.62 bits per heavy atom. The van der Waals surface area contributed by atoms with Crippen molar-refractivity contribution >= 4 is 44.8 Å². The van der Waals surface area contributed by atoms with Crippen molar-refractivity contribution in [1.82, 2.24) is 9.97 Å². The van der Waals surface area contributed by atoms with Gasteiger partial charge < -0.3 is 5.32 Å². The van der Waals surface area contributed by atoms with E-state index in [0.717, 1.165) is 18.5 Å². The number of carbonyl (C=O) groups excluding carboxylic acids is 1. The molecule has 0 bridgehead atoms. The standard InChI is InChI=1S/C14H11ClF3N3O3S2/c1-26(23,24)8-2-3-9(15)10(6-8)20-12(22)7-25-13-19-5-4-11(21-13)14(16,17)18/h2-6H,7H2,1H3,(H,20,22). The SMILES string of the molecule is CS(=O)(=O)c1ccc(Cl)c(NC(=O)CSc2nccc(C(F)(F)F)n2)c1. The summed E-state index contributed by atoms with van der Waals surface area (Å²) in [7, 11) is -3.49. The van der Waals surface area contributed by atoms with Crippen LogP contribution in [0.1, 0.15) is 5.69 Å². The number of benzene rings is 1. The predicted octanol–water partition coefficient (Wildman–Crippen LogP) is 3.28. The fourth-order valence-corrected chi connectivity index (χ4v) is 3.16. The van der Waals surface area contributed by atoms with Crippen molar-refractivity contribution in [2.75, 3.05) is 17.3 Å². The molecule has 6 nitrogen and oxygen atoms in total. The maximum absolute atomic E-state index is 12.6. The monoisotopic (exact) mass is 425 g/mol. The molecular formula is C14H11ClF3N3O3S2. The molecule has 0 radical (unpaired) electrons. The lowest BCUT2D eigenvalue weighted by atomic mass is 10.3. The van der Waals surface area contributed by atoms with Gasteiger partial charge in [0.25, 0.3) is 0 Å². The molecule has 1 aromatic heterocycles. The van der Waals surface area contributed by atoms with E-state index in [2.05, 4.69) is 15.3 Å². The number of nitrogens with one attached hydrogen (secondary N) is 1. The first-order chi connectivity index (χ1) is 12.0. The Bertz CT molecular complexity index is 937. The first-order valence-corrected chi connectivity index (χ1v) is 10.0. The zero-order valence-corrected chi connectivity index (χ0v) is 15.4. The largest absolute Gasteiger partial charge is 0.433 e. The maximum atomic E-state index is 12.6. The van der Waals surface area contributed by atoms with E-state index in [4.69, 9.17) is 11.6 Å². The minimum atomic E-state index is -4.61. The third-order valence-electron chi connectivity index (χ3n) is 2.90. The van der Waals surface area contributed by atoms with E-state index in [1.165, 1.54) is 18.2 Å². The average Bonchev–Trinajstić information content (AvgIpc) is 2.53. The molecule has 0 aliphatic carbocycles. The summed E-state index contributed by atoms with van der Waals surface area (Å²) in [6.45, 7) is 0. The van der Waals surface area contributed by atoms with Crippen LogP contribution in [0.3, 0.4) is 0 Å². The normalized spacial score (nSPS) is 12.0. The smallest absolute Gasteiger partial charge is 0.324 e. The van der Waals surface area contributed by atoms with Crippen LogP contribution in [0, 0.1) is 0 Å². The van der Waals surface area contributed by atoms with Crippen LogP contribution in [0.15, 0.2) is 40.5 Å².